The standard InChI is InChI=1S/C21H28N2O5S/c1-17-10-11-20(28-17)14-22(13-18-7-4-3-5-8-18)21(24)16-23(29(2,25)26)15-19-9-6-12-27-19/h3-5,7-8,10-11,19H,6,9,12-16H2,1-2H3/t19-/m1/s1. The number of carbonyl (C=O) groups is 1. The van der Waals surface area contributed by atoms with Crippen LogP contribution in [-0.4, -0.2) is 55.6 Å². The van der Waals surface area contributed by atoms with Crippen LogP contribution in [0.25, 0.3) is 0 Å². The van der Waals surface area contributed by atoms with Crippen LogP contribution in [0.15, 0.2) is 46.9 Å². The maximum atomic E-state index is 13.1. The largest absolute Gasteiger partial charge is 0.464 e. The van der Waals surface area contributed by atoms with Crippen LogP contribution in [0.5, 0.6) is 0 Å². The van der Waals surface area contributed by atoms with E-state index in [9.17, 15) is 13.2 Å². The van der Waals surface area contributed by atoms with E-state index in [1.807, 2.05) is 49.4 Å². The van der Waals surface area contributed by atoms with E-state index >= 15 is 0 Å². The second-order valence-corrected chi connectivity index (χ2v) is 9.42. The van der Waals surface area contributed by atoms with Gasteiger partial charge in [0.05, 0.1) is 25.4 Å². The minimum absolute atomic E-state index is 0.159. The lowest BCUT2D eigenvalue weighted by molar-refractivity contribution is -0.133. The number of furan rings is 1. The smallest absolute Gasteiger partial charge is 0.238 e. The Bertz CT molecular complexity index is 904. The molecule has 0 unspecified atom stereocenters. The normalized spacial score (nSPS) is 17.0. The van der Waals surface area contributed by atoms with Gasteiger partial charge in [0.15, 0.2) is 0 Å². The minimum atomic E-state index is -3.54. The first-order valence-electron chi connectivity index (χ1n) is 9.75. The monoisotopic (exact) mass is 420 g/mol. The first-order valence-corrected chi connectivity index (χ1v) is 11.6. The summed E-state index contributed by atoms with van der Waals surface area (Å²) in [4.78, 5) is 14.8. The van der Waals surface area contributed by atoms with Crippen LogP contribution < -0.4 is 0 Å². The number of rotatable bonds is 9. The molecule has 1 aromatic heterocycles. The summed E-state index contributed by atoms with van der Waals surface area (Å²) in [6.07, 6.45) is 2.69. The number of hydrogen-bond acceptors (Lipinski definition) is 5. The third kappa shape index (κ3) is 6.42. The van der Waals surface area contributed by atoms with Crippen molar-refractivity contribution in [3.63, 3.8) is 0 Å². The number of hydrogen-bond donors (Lipinski definition) is 0. The highest BCUT2D eigenvalue weighted by molar-refractivity contribution is 7.88. The minimum Gasteiger partial charge on any atom is -0.464 e. The van der Waals surface area contributed by atoms with Crippen molar-refractivity contribution in [1.29, 1.82) is 0 Å². The van der Waals surface area contributed by atoms with E-state index in [-0.39, 0.29) is 31.6 Å². The van der Waals surface area contributed by atoms with Crippen molar-refractivity contribution >= 4 is 15.9 Å². The molecule has 7 nitrogen and oxygen atoms in total. The van der Waals surface area contributed by atoms with Crippen LogP contribution in [0.4, 0.5) is 0 Å². The molecule has 0 bridgehead atoms. The quantitative estimate of drug-likeness (QED) is 0.623. The summed E-state index contributed by atoms with van der Waals surface area (Å²) < 4.78 is 37.0. The van der Waals surface area contributed by atoms with Gasteiger partial charge in [-0.05, 0) is 37.5 Å². The van der Waals surface area contributed by atoms with Crippen molar-refractivity contribution in [2.24, 2.45) is 0 Å². The first-order chi connectivity index (χ1) is 13.8. The average molecular weight is 421 g/mol. The van der Waals surface area contributed by atoms with Crippen LogP contribution in [0.3, 0.4) is 0 Å². The summed E-state index contributed by atoms with van der Waals surface area (Å²) in [5.74, 6) is 1.16. The van der Waals surface area contributed by atoms with Crippen LogP contribution in [0, 0.1) is 6.92 Å². The number of nitrogens with zero attached hydrogens (tertiary/aromatic N) is 2. The van der Waals surface area contributed by atoms with E-state index in [0.717, 1.165) is 30.4 Å². The molecule has 1 aliphatic heterocycles. The molecule has 1 aliphatic rings. The Hall–Kier alpha value is -2.16. The molecule has 2 heterocycles. The van der Waals surface area contributed by atoms with Crippen LogP contribution in [0.1, 0.15) is 29.9 Å². The van der Waals surface area contributed by atoms with Gasteiger partial charge >= 0.3 is 0 Å². The number of amides is 1. The summed E-state index contributed by atoms with van der Waals surface area (Å²) in [5, 5.41) is 0. The fourth-order valence-corrected chi connectivity index (χ4v) is 4.16. The molecule has 3 rings (SSSR count). The molecule has 0 spiro atoms. The van der Waals surface area contributed by atoms with E-state index in [1.165, 1.54) is 4.31 Å². The Morgan fingerprint density at radius 2 is 1.90 bits per heavy atom. The van der Waals surface area contributed by atoms with Gasteiger partial charge in [-0.3, -0.25) is 4.79 Å². The molecule has 1 saturated heterocycles. The van der Waals surface area contributed by atoms with Crippen molar-refractivity contribution in [3.05, 3.63) is 59.5 Å². The molecular formula is C21H28N2O5S. The molecule has 158 valence electrons. The molecule has 8 heteroatoms. The van der Waals surface area contributed by atoms with Gasteiger partial charge in [-0.1, -0.05) is 30.3 Å². The lowest BCUT2D eigenvalue weighted by Crippen LogP contribution is -2.44. The van der Waals surface area contributed by atoms with Gasteiger partial charge in [0.2, 0.25) is 15.9 Å². The zero-order valence-corrected chi connectivity index (χ0v) is 17.7. The molecule has 0 N–H and O–H groups in total. The van der Waals surface area contributed by atoms with Crippen molar-refractivity contribution in [2.75, 3.05) is 26.0 Å². The van der Waals surface area contributed by atoms with E-state index in [2.05, 4.69) is 0 Å². The molecule has 0 aliphatic carbocycles. The van der Waals surface area contributed by atoms with Gasteiger partial charge in [-0.15, -0.1) is 0 Å². The maximum absolute atomic E-state index is 13.1. The van der Waals surface area contributed by atoms with Crippen molar-refractivity contribution in [3.8, 4) is 0 Å². The van der Waals surface area contributed by atoms with Crippen LogP contribution >= 0.6 is 0 Å². The van der Waals surface area contributed by atoms with E-state index < -0.39 is 10.0 Å². The fraction of sp³-hybridized carbons (Fsp3) is 0.476. The molecule has 1 amide bonds. The Kier molecular flexibility index (Phi) is 7.10. The first kappa shape index (κ1) is 21.5. The number of benzene rings is 1. The summed E-state index contributed by atoms with van der Waals surface area (Å²) in [6.45, 7) is 3.11. The van der Waals surface area contributed by atoms with Gasteiger partial charge in [0.1, 0.15) is 11.5 Å². The zero-order valence-electron chi connectivity index (χ0n) is 16.9. The Morgan fingerprint density at radius 1 is 1.14 bits per heavy atom. The lowest BCUT2D eigenvalue weighted by atomic mass is 10.2. The summed E-state index contributed by atoms with van der Waals surface area (Å²) in [7, 11) is -3.54. The van der Waals surface area contributed by atoms with Gasteiger partial charge in [-0.2, -0.15) is 4.31 Å². The highest BCUT2D eigenvalue weighted by Gasteiger charge is 2.28. The highest BCUT2D eigenvalue weighted by Crippen LogP contribution is 2.17. The average Bonchev–Trinajstić information content (AvgIpc) is 3.32. The summed E-state index contributed by atoms with van der Waals surface area (Å²) >= 11 is 0. The SMILES string of the molecule is Cc1ccc(CN(Cc2ccccc2)C(=O)CN(C[C@H]2CCCO2)S(C)(=O)=O)o1. The van der Waals surface area contributed by atoms with Gasteiger partial charge < -0.3 is 14.1 Å². The Labute approximate surface area is 172 Å². The number of ether oxygens (including phenoxy) is 1. The summed E-state index contributed by atoms with van der Waals surface area (Å²) in [5.41, 5.74) is 0.967. The summed E-state index contributed by atoms with van der Waals surface area (Å²) in [6, 6.07) is 13.3. The van der Waals surface area contributed by atoms with Crippen LogP contribution in [-0.2, 0) is 32.6 Å². The van der Waals surface area contributed by atoms with Crippen molar-refractivity contribution < 1.29 is 22.4 Å². The predicted octanol–water partition coefficient (Wildman–Crippen LogP) is 2.56. The fourth-order valence-electron chi connectivity index (χ4n) is 3.38. The van der Waals surface area contributed by atoms with Gasteiger partial charge in [-0.25, -0.2) is 8.42 Å². The van der Waals surface area contributed by atoms with Crippen molar-refractivity contribution in [2.45, 2.75) is 39.0 Å². The Morgan fingerprint density at radius 3 is 2.48 bits per heavy atom. The third-order valence-corrected chi connectivity index (χ3v) is 6.14. The molecule has 2 aromatic rings. The van der Waals surface area contributed by atoms with E-state index in [4.69, 9.17) is 9.15 Å². The van der Waals surface area contributed by atoms with E-state index in [0.29, 0.717) is 18.9 Å². The van der Waals surface area contributed by atoms with Crippen molar-refractivity contribution in [1.82, 2.24) is 9.21 Å². The third-order valence-electron chi connectivity index (χ3n) is 4.92. The number of carbonyl (C=O) groups excluding carboxylic acids is 1. The molecule has 0 saturated carbocycles. The lowest BCUT2D eigenvalue weighted by Gasteiger charge is -2.27. The Balaban J connectivity index is 1.75. The number of aryl methyl sites for hydroxylation is 1. The highest BCUT2D eigenvalue weighted by atomic mass is 32.2. The molecule has 0 radical (unpaired) electrons. The van der Waals surface area contributed by atoms with Crippen LogP contribution in [0.2, 0.25) is 0 Å². The molecular weight excluding hydrogens is 392 g/mol. The number of sulfonamides is 1. The predicted molar refractivity (Wildman–Crippen MR) is 110 cm³/mol. The molecule has 1 atom stereocenters. The van der Waals surface area contributed by atoms with Gasteiger partial charge in [0.25, 0.3) is 0 Å². The van der Waals surface area contributed by atoms with E-state index in [1.54, 1.807) is 4.90 Å². The molecule has 29 heavy (non-hydrogen) atoms. The van der Waals surface area contributed by atoms with Gasteiger partial charge in [0, 0.05) is 19.7 Å². The molecule has 1 fully saturated rings. The zero-order chi connectivity index (χ0) is 20.9. The topological polar surface area (TPSA) is 80.1 Å². The molecule has 1 aromatic carbocycles. The second-order valence-electron chi connectivity index (χ2n) is 7.44. The maximum Gasteiger partial charge on any atom is 0.238 e. The second kappa shape index (κ2) is 9.56.